The van der Waals surface area contributed by atoms with E-state index in [1.165, 1.54) is 4.90 Å². The van der Waals surface area contributed by atoms with E-state index in [1.807, 2.05) is 0 Å². The minimum Gasteiger partial charge on any atom is -0.337 e. The number of likely N-dealkylation sites (tertiary alicyclic amines) is 1. The Labute approximate surface area is 136 Å². The summed E-state index contributed by atoms with van der Waals surface area (Å²) < 4.78 is 33.0. The first-order valence-corrected chi connectivity index (χ1v) is 7.93. The zero-order valence-electron chi connectivity index (χ0n) is 12.9. The van der Waals surface area contributed by atoms with Crippen molar-refractivity contribution in [2.45, 2.75) is 37.6 Å². The average molecular weight is 334 g/mol. The van der Waals surface area contributed by atoms with Crippen LogP contribution in [0.5, 0.6) is 0 Å². The van der Waals surface area contributed by atoms with Crippen LogP contribution in [0.4, 0.5) is 8.78 Å². The quantitative estimate of drug-likeness (QED) is 0.860. The molecule has 1 amide bonds. The molecule has 1 saturated heterocycles. The van der Waals surface area contributed by atoms with E-state index in [1.54, 1.807) is 24.5 Å². The Kier molecular flexibility index (Phi) is 3.54. The molecule has 0 radical (unpaired) electrons. The van der Waals surface area contributed by atoms with E-state index in [0.29, 0.717) is 23.7 Å². The molecule has 2 aromatic rings. The maximum Gasteiger partial charge on any atom is 0.267 e. The number of rotatable bonds is 4. The third kappa shape index (κ3) is 3.00. The van der Waals surface area contributed by atoms with Crippen molar-refractivity contribution in [2.75, 3.05) is 6.54 Å². The highest BCUT2D eigenvalue weighted by Gasteiger charge is 2.50. The second-order valence-electron chi connectivity index (χ2n) is 6.44. The van der Waals surface area contributed by atoms with Gasteiger partial charge < -0.3 is 9.42 Å². The van der Waals surface area contributed by atoms with Gasteiger partial charge in [0.1, 0.15) is 6.04 Å². The van der Waals surface area contributed by atoms with Crippen LogP contribution < -0.4 is 0 Å². The van der Waals surface area contributed by atoms with Gasteiger partial charge in [-0.05, 0) is 30.9 Å². The summed E-state index contributed by atoms with van der Waals surface area (Å²) in [5, 5.41) is 3.85. The molecule has 1 aliphatic carbocycles. The van der Waals surface area contributed by atoms with Gasteiger partial charge in [0.25, 0.3) is 5.92 Å². The van der Waals surface area contributed by atoms with E-state index >= 15 is 0 Å². The molecule has 6 nitrogen and oxygen atoms in total. The topological polar surface area (TPSA) is 72.1 Å². The monoisotopic (exact) mass is 334 g/mol. The summed E-state index contributed by atoms with van der Waals surface area (Å²) >= 11 is 0. The van der Waals surface area contributed by atoms with Crippen LogP contribution in [0.3, 0.4) is 0 Å². The van der Waals surface area contributed by atoms with Crippen molar-refractivity contribution < 1.29 is 18.1 Å². The number of alkyl halides is 2. The van der Waals surface area contributed by atoms with Gasteiger partial charge in [-0.15, -0.1) is 0 Å². The number of pyridine rings is 1. The summed E-state index contributed by atoms with van der Waals surface area (Å²) in [6.07, 6.45) is 4.99. The third-order valence-electron chi connectivity index (χ3n) is 4.42. The Hall–Kier alpha value is -2.38. The van der Waals surface area contributed by atoms with Crippen molar-refractivity contribution in [1.82, 2.24) is 20.0 Å². The van der Waals surface area contributed by atoms with E-state index in [2.05, 4.69) is 15.1 Å². The van der Waals surface area contributed by atoms with Crippen LogP contribution in [-0.2, 0) is 4.79 Å². The van der Waals surface area contributed by atoms with E-state index < -0.39 is 24.9 Å². The molecular formula is C16H16F2N4O2. The Balaban J connectivity index is 1.58. The largest absolute Gasteiger partial charge is 0.337 e. The number of carbonyl (C=O) groups is 1. The lowest BCUT2D eigenvalue weighted by atomic mass is 10.1. The van der Waals surface area contributed by atoms with Crippen LogP contribution in [-0.4, -0.2) is 38.4 Å². The van der Waals surface area contributed by atoms with Crippen molar-refractivity contribution in [2.24, 2.45) is 5.92 Å². The lowest BCUT2D eigenvalue weighted by Crippen LogP contribution is -2.33. The van der Waals surface area contributed by atoms with Gasteiger partial charge in [0.2, 0.25) is 17.6 Å². The summed E-state index contributed by atoms with van der Waals surface area (Å²) in [6.45, 7) is -0.587. The van der Waals surface area contributed by atoms with Gasteiger partial charge in [-0.25, -0.2) is 8.78 Å². The van der Waals surface area contributed by atoms with Crippen LogP contribution in [0.1, 0.15) is 37.6 Å². The number of amides is 1. The Morgan fingerprint density at radius 1 is 1.33 bits per heavy atom. The van der Waals surface area contributed by atoms with Crippen LogP contribution in [0.2, 0.25) is 0 Å². The molecule has 0 bridgehead atoms. The van der Waals surface area contributed by atoms with Gasteiger partial charge in [0.05, 0.1) is 6.54 Å². The summed E-state index contributed by atoms with van der Waals surface area (Å²) in [6, 6.07) is 2.54. The number of aromatic nitrogens is 3. The van der Waals surface area contributed by atoms with E-state index in [-0.39, 0.29) is 11.8 Å². The normalized spacial score (nSPS) is 22.8. The summed E-state index contributed by atoms with van der Waals surface area (Å²) in [5.41, 5.74) is 0.681. The van der Waals surface area contributed by atoms with Crippen molar-refractivity contribution in [3.8, 4) is 11.4 Å². The van der Waals surface area contributed by atoms with E-state index in [4.69, 9.17) is 4.52 Å². The first-order chi connectivity index (χ1) is 11.5. The SMILES string of the molecule is O=C(CC1CC1)N1CC(F)(F)C[C@H]1c1nc(-c2ccncc2)no1. The second kappa shape index (κ2) is 5.61. The van der Waals surface area contributed by atoms with Gasteiger partial charge in [0.15, 0.2) is 0 Å². The van der Waals surface area contributed by atoms with E-state index in [9.17, 15) is 13.6 Å². The molecule has 0 spiro atoms. The predicted octanol–water partition coefficient (Wildman–Crippen LogP) is 2.84. The molecule has 2 aromatic heterocycles. The minimum absolute atomic E-state index is 0.0585. The minimum atomic E-state index is -2.94. The summed E-state index contributed by atoms with van der Waals surface area (Å²) in [7, 11) is 0. The zero-order valence-corrected chi connectivity index (χ0v) is 12.9. The molecule has 0 N–H and O–H groups in total. The molecule has 0 aromatic carbocycles. The van der Waals surface area contributed by atoms with Crippen molar-refractivity contribution in [1.29, 1.82) is 0 Å². The highest BCUT2D eigenvalue weighted by Crippen LogP contribution is 2.42. The van der Waals surface area contributed by atoms with Gasteiger partial charge in [-0.2, -0.15) is 4.98 Å². The first-order valence-electron chi connectivity index (χ1n) is 7.93. The van der Waals surface area contributed by atoms with Gasteiger partial charge >= 0.3 is 0 Å². The average Bonchev–Trinajstić information content (AvgIpc) is 3.12. The maximum atomic E-state index is 13.9. The van der Waals surface area contributed by atoms with Gasteiger partial charge in [-0.3, -0.25) is 9.78 Å². The fourth-order valence-electron chi connectivity index (χ4n) is 2.97. The third-order valence-corrected chi connectivity index (χ3v) is 4.42. The fourth-order valence-corrected chi connectivity index (χ4v) is 2.97. The van der Waals surface area contributed by atoms with Crippen LogP contribution in [0, 0.1) is 5.92 Å². The molecule has 0 unspecified atom stereocenters. The molecule has 126 valence electrons. The fraction of sp³-hybridized carbons (Fsp3) is 0.500. The Bertz CT molecular complexity index is 746. The Morgan fingerprint density at radius 2 is 2.08 bits per heavy atom. The number of hydrogen-bond acceptors (Lipinski definition) is 5. The first kappa shape index (κ1) is 15.2. The molecular weight excluding hydrogens is 318 g/mol. The Morgan fingerprint density at radius 3 is 2.79 bits per heavy atom. The van der Waals surface area contributed by atoms with Crippen LogP contribution >= 0.6 is 0 Å². The number of halogens is 2. The van der Waals surface area contributed by atoms with Crippen LogP contribution in [0.15, 0.2) is 29.0 Å². The molecule has 1 aliphatic heterocycles. The lowest BCUT2D eigenvalue weighted by Gasteiger charge is -2.21. The maximum absolute atomic E-state index is 13.9. The number of hydrogen-bond donors (Lipinski definition) is 0. The predicted molar refractivity (Wildman–Crippen MR) is 78.9 cm³/mol. The van der Waals surface area contributed by atoms with Crippen LogP contribution in [0.25, 0.3) is 11.4 Å². The van der Waals surface area contributed by atoms with Crippen molar-refractivity contribution in [3.05, 3.63) is 30.4 Å². The number of carbonyl (C=O) groups excluding carboxylic acids is 1. The highest BCUT2D eigenvalue weighted by molar-refractivity contribution is 5.77. The molecule has 1 atom stereocenters. The van der Waals surface area contributed by atoms with Gasteiger partial charge in [0, 0.05) is 30.8 Å². The summed E-state index contributed by atoms with van der Waals surface area (Å²) in [5.74, 6) is -2.50. The molecule has 2 aliphatic rings. The standard InChI is InChI=1S/C16H16F2N4O2/c17-16(18)8-12(22(9-16)13(23)7-10-1-2-10)15-20-14(21-24-15)11-3-5-19-6-4-11/h3-6,10,12H,1-2,7-9H2/t12-/m0/s1. The van der Waals surface area contributed by atoms with Gasteiger partial charge in [-0.1, -0.05) is 5.16 Å². The zero-order chi connectivity index (χ0) is 16.7. The van der Waals surface area contributed by atoms with E-state index in [0.717, 1.165) is 12.8 Å². The number of nitrogens with zero attached hydrogens (tertiary/aromatic N) is 4. The van der Waals surface area contributed by atoms with Crippen molar-refractivity contribution in [3.63, 3.8) is 0 Å². The molecule has 1 saturated carbocycles. The lowest BCUT2D eigenvalue weighted by molar-refractivity contribution is -0.134. The molecule has 24 heavy (non-hydrogen) atoms. The highest BCUT2D eigenvalue weighted by atomic mass is 19.3. The molecule has 3 heterocycles. The molecule has 2 fully saturated rings. The molecule has 8 heteroatoms. The summed E-state index contributed by atoms with van der Waals surface area (Å²) in [4.78, 5) is 21.7. The van der Waals surface area contributed by atoms with Crippen molar-refractivity contribution >= 4 is 5.91 Å². The smallest absolute Gasteiger partial charge is 0.267 e. The molecule has 4 rings (SSSR count). The second-order valence-corrected chi connectivity index (χ2v) is 6.44.